The summed E-state index contributed by atoms with van der Waals surface area (Å²) >= 11 is 0. The molecule has 0 unspecified atom stereocenters. The number of methoxy groups -OCH3 is 1. The van der Waals surface area contributed by atoms with Crippen LogP contribution in [-0.2, 0) is 22.4 Å². The Labute approximate surface area is 163 Å². The summed E-state index contributed by atoms with van der Waals surface area (Å²) in [7, 11) is 1.30. The van der Waals surface area contributed by atoms with Gasteiger partial charge in [0.2, 0.25) is 0 Å². The number of rotatable bonds is 7. The van der Waals surface area contributed by atoms with Gasteiger partial charge in [-0.15, -0.1) is 0 Å². The highest BCUT2D eigenvalue weighted by Gasteiger charge is 2.23. The summed E-state index contributed by atoms with van der Waals surface area (Å²) in [5, 5.41) is 2.73. The molecule has 0 radical (unpaired) electrons. The summed E-state index contributed by atoms with van der Waals surface area (Å²) in [6.07, 6.45) is 2.47. The van der Waals surface area contributed by atoms with E-state index in [1.165, 1.54) is 7.11 Å². The second-order valence-corrected chi connectivity index (χ2v) is 6.25. The van der Waals surface area contributed by atoms with Gasteiger partial charge in [0.25, 0.3) is 5.91 Å². The molecule has 0 aliphatic rings. The Morgan fingerprint density at radius 3 is 2.36 bits per heavy atom. The van der Waals surface area contributed by atoms with Crippen molar-refractivity contribution in [1.82, 2.24) is 15.3 Å². The number of esters is 1. The SMILES string of the molecule is COC(=O)[C@H](Cc1ccnc(Cc2ccccc2)n1)NC(=O)c1ccccc1. The number of amides is 1. The van der Waals surface area contributed by atoms with Crippen molar-refractivity contribution in [3.63, 3.8) is 0 Å². The predicted molar refractivity (Wildman–Crippen MR) is 105 cm³/mol. The third kappa shape index (κ3) is 5.23. The van der Waals surface area contributed by atoms with Crippen LogP contribution in [0.3, 0.4) is 0 Å². The van der Waals surface area contributed by atoms with Crippen molar-refractivity contribution in [1.29, 1.82) is 0 Å². The molecule has 2 aromatic carbocycles. The smallest absolute Gasteiger partial charge is 0.328 e. The highest BCUT2D eigenvalue weighted by Crippen LogP contribution is 2.08. The molecule has 6 heteroatoms. The average molecular weight is 375 g/mol. The highest BCUT2D eigenvalue weighted by atomic mass is 16.5. The molecule has 0 saturated heterocycles. The first-order valence-electron chi connectivity index (χ1n) is 8.94. The number of ether oxygens (including phenoxy) is 1. The van der Waals surface area contributed by atoms with Crippen molar-refractivity contribution in [3.05, 3.63) is 95.6 Å². The van der Waals surface area contributed by atoms with Gasteiger partial charge in [-0.1, -0.05) is 48.5 Å². The van der Waals surface area contributed by atoms with Gasteiger partial charge < -0.3 is 10.1 Å². The first-order valence-corrected chi connectivity index (χ1v) is 8.94. The van der Waals surface area contributed by atoms with E-state index < -0.39 is 12.0 Å². The number of benzene rings is 2. The molecule has 0 spiro atoms. The number of carbonyl (C=O) groups excluding carboxylic acids is 2. The Morgan fingerprint density at radius 2 is 1.68 bits per heavy atom. The Kier molecular flexibility index (Phi) is 6.46. The van der Waals surface area contributed by atoms with Gasteiger partial charge in [0, 0.05) is 30.3 Å². The molecular weight excluding hydrogens is 354 g/mol. The Balaban J connectivity index is 1.73. The monoisotopic (exact) mass is 375 g/mol. The van der Waals surface area contributed by atoms with Gasteiger partial charge in [0.1, 0.15) is 11.9 Å². The maximum absolute atomic E-state index is 12.4. The quantitative estimate of drug-likeness (QED) is 0.642. The molecule has 6 nitrogen and oxygen atoms in total. The minimum Gasteiger partial charge on any atom is -0.467 e. The fourth-order valence-corrected chi connectivity index (χ4v) is 2.79. The van der Waals surface area contributed by atoms with Gasteiger partial charge in [-0.25, -0.2) is 14.8 Å². The number of nitrogens with one attached hydrogen (secondary N) is 1. The minimum absolute atomic E-state index is 0.218. The molecule has 0 bridgehead atoms. The first kappa shape index (κ1) is 19.2. The van der Waals surface area contributed by atoms with E-state index in [2.05, 4.69) is 15.3 Å². The number of hydrogen-bond donors (Lipinski definition) is 1. The zero-order valence-corrected chi connectivity index (χ0v) is 15.5. The third-order valence-corrected chi connectivity index (χ3v) is 4.21. The van der Waals surface area contributed by atoms with Crippen LogP contribution in [0.25, 0.3) is 0 Å². The van der Waals surface area contributed by atoms with Crippen LogP contribution in [0.15, 0.2) is 72.9 Å². The van der Waals surface area contributed by atoms with E-state index in [0.29, 0.717) is 23.5 Å². The van der Waals surface area contributed by atoms with E-state index in [9.17, 15) is 9.59 Å². The largest absolute Gasteiger partial charge is 0.467 e. The Hall–Kier alpha value is -3.54. The standard InChI is InChI=1S/C22H21N3O3/c1-28-22(27)19(25-21(26)17-10-6-3-7-11-17)15-18-12-13-23-20(24-18)14-16-8-4-2-5-9-16/h2-13,19H,14-15H2,1H3,(H,25,26)/t19-/m0/s1. The topological polar surface area (TPSA) is 81.2 Å². The molecule has 3 aromatic rings. The molecule has 1 atom stereocenters. The summed E-state index contributed by atoms with van der Waals surface area (Å²) in [6, 6.07) is 19.5. The maximum atomic E-state index is 12.4. The van der Waals surface area contributed by atoms with E-state index in [4.69, 9.17) is 4.74 Å². The molecule has 1 N–H and O–H groups in total. The van der Waals surface area contributed by atoms with Gasteiger partial charge in [0.05, 0.1) is 7.11 Å². The minimum atomic E-state index is -0.836. The zero-order valence-electron chi connectivity index (χ0n) is 15.5. The fourth-order valence-electron chi connectivity index (χ4n) is 2.79. The molecule has 0 aliphatic heterocycles. The average Bonchev–Trinajstić information content (AvgIpc) is 2.74. The molecule has 0 saturated carbocycles. The van der Waals surface area contributed by atoms with Crippen molar-refractivity contribution >= 4 is 11.9 Å². The van der Waals surface area contributed by atoms with E-state index in [1.807, 2.05) is 36.4 Å². The first-order chi connectivity index (χ1) is 13.7. The molecular formula is C22H21N3O3. The fraction of sp³-hybridized carbons (Fsp3) is 0.182. The number of carbonyl (C=O) groups is 2. The Morgan fingerprint density at radius 1 is 1.00 bits per heavy atom. The molecule has 0 aliphatic carbocycles. The lowest BCUT2D eigenvalue weighted by atomic mass is 10.1. The van der Waals surface area contributed by atoms with Gasteiger partial charge in [0.15, 0.2) is 0 Å². The van der Waals surface area contributed by atoms with Crippen LogP contribution in [0.5, 0.6) is 0 Å². The van der Waals surface area contributed by atoms with E-state index in [1.54, 1.807) is 36.5 Å². The summed E-state index contributed by atoms with van der Waals surface area (Å²) in [5.74, 6) is -0.205. The molecule has 142 valence electrons. The summed E-state index contributed by atoms with van der Waals surface area (Å²) in [4.78, 5) is 33.4. The van der Waals surface area contributed by atoms with Crippen LogP contribution in [0.2, 0.25) is 0 Å². The molecule has 1 heterocycles. The predicted octanol–water partition coefficient (Wildman–Crippen LogP) is 2.58. The van der Waals surface area contributed by atoms with Crippen molar-refractivity contribution in [2.75, 3.05) is 7.11 Å². The van der Waals surface area contributed by atoms with Crippen LogP contribution in [-0.4, -0.2) is 35.0 Å². The van der Waals surface area contributed by atoms with Crippen LogP contribution in [0, 0.1) is 0 Å². The summed E-state index contributed by atoms with van der Waals surface area (Å²) in [6.45, 7) is 0. The third-order valence-electron chi connectivity index (χ3n) is 4.21. The lowest BCUT2D eigenvalue weighted by Crippen LogP contribution is -2.43. The van der Waals surface area contributed by atoms with E-state index in [-0.39, 0.29) is 12.3 Å². The van der Waals surface area contributed by atoms with Gasteiger partial charge >= 0.3 is 5.97 Å². The number of hydrogen-bond acceptors (Lipinski definition) is 5. The van der Waals surface area contributed by atoms with Crippen molar-refractivity contribution in [2.45, 2.75) is 18.9 Å². The van der Waals surface area contributed by atoms with Crippen molar-refractivity contribution in [3.8, 4) is 0 Å². The summed E-state index contributed by atoms with van der Waals surface area (Å²) in [5.41, 5.74) is 2.23. The van der Waals surface area contributed by atoms with Crippen LogP contribution < -0.4 is 5.32 Å². The van der Waals surface area contributed by atoms with Gasteiger partial charge in [-0.2, -0.15) is 0 Å². The molecule has 0 fully saturated rings. The van der Waals surface area contributed by atoms with Gasteiger partial charge in [-0.3, -0.25) is 4.79 Å². The summed E-state index contributed by atoms with van der Waals surface area (Å²) < 4.78 is 4.85. The van der Waals surface area contributed by atoms with Crippen LogP contribution in [0.4, 0.5) is 0 Å². The molecule has 1 amide bonds. The molecule has 1 aromatic heterocycles. The second kappa shape index (κ2) is 9.41. The van der Waals surface area contributed by atoms with E-state index in [0.717, 1.165) is 5.56 Å². The number of aromatic nitrogens is 2. The van der Waals surface area contributed by atoms with Crippen LogP contribution >= 0.6 is 0 Å². The van der Waals surface area contributed by atoms with Gasteiger partial charge in [-0.05, 0) is 23.8 Å². The molecule has 28 heavy (non-hydrogen) atoms. The van der Waals surface area contributed by atoms with Crippen molar-refractivity contribution in [2.24, 2.45) is 0 Å². The second-order valence-electron chi connectivity index (χ2n) is 6.25. The lowest BCUT2D eigenvalue weighted by Gasteiger charge is -2.16. The van der Waals surface area contributed by atoms with Crippen LogP contribution in [0.1, 0.15) is 27.4 Å². The van der Waals surface area contributed by atoms with E-state index >= 15 is 0 Å². The zero-order chi connectivity index (χ0) is 19.8. The lowest BCUT2D eigenvalue weighted by molar-refractivity contribution is -0.142. The normalized spacial score (nSPS) is 11.5. The van der Waals surface area contributed by atoms with Crippen molar-refractivity contribution < 1.29 is 14.3 Å². The number of nitrogens with zero attached hydrogens (tertiary/aromatic N) is 2. The molecule has 3 rings (SSSR count). The Bertz CT molecular complexity index is 930. The maximum Gasteiger partial charge on any atom is 0.328 e. The highest BCUT2D eigenvalue weighted by molar-refractivity contribution is 5.96.